The number of guanidine groups is 1. The van der Waals surface area contributed by atoms with Crippen molar-refractivity contribution >= 4 is 29.9 Å². The monoisotopic (exact) mass is 545 g/mol. The molecule has 10 heteroatoms. The third kappa shape index (κ3) is 6.73. The average Bonchev–Trinajstić information content (AvgIpc) is 3.08. The summed E-state index contributed by atoms with van der Waals surface area (Å²) < 4.78 is 42.1. The second-order valence-corrected chi connectivity index (χ2v) is 8.21. The summed E-state index contributed by atoms with van der Waals surface area (Å²) in [4.78, 5) is 10.1. The van der Waals surface area contributed by atoms with Gasteiger partial charge in [0.05, 0.1) is 0 Å². The number of nitrogens with zero attached hydrogens (tertiary/aromatic N) is 4. The van der Waals surface area contributed by atoms with Gasteiger partial charge in [0, 0.05) is 52.5 Å². The number of rotatable bonds is 7. The van der Waals surface area contributed by atoms with Crippen LogP contribution in [0.5, 0.6) is 0 Å². The maximum Gasteiger partial charge on any atom is 0.424 e. The van der Waals surface area contributed by atoms with Crippen molar-refractivity contribution in [1.29, 1.82) is 0 Å². The second kappa shape index (κ2) is 11.5. The van der Waals surface area contributed by atoms with Crippen LogP contribution in [0, 0.1) is 11.8 Å². The first-order valence-electron chi connectivity index (χ1n) is 10.3. The standard InChI is InChI=1S/C20H34F3N5O.HI/c1-5-24-18(28(4)14-16-8-6-15(2)7-9-16)26-11-10-19(29,20(21,22)23)17-25-12-13-27(17)3;/h12-13,15-16,29H,5-11,14H2,1-4H3,(H,24,26);1H. The Morgan fingerprint density at radius 1 is 1.33 bits per heavy atom. The zero-order valence-corrected chi connectivity index (χ0v) is 20.6. The molecule has 6 nitrogen and oxygen atoms in total. The van der Waals surface area contributed by atoms with Crippen LogP contribution in [0.15, 0.2) is 17.4 Å². The van der Waals surface area contributed by atoms with Crippen molar-refractivity contribution in [1.82, 2.24) is 19.8 Å². The minimum atomic E-state index is -4.84. The Balaban J connectivity index is 0.00000450. The number of aliphatic hydroxyl groups is 1. The van der Waals surface area contributed by atoms with Gasteiger partial charge in [0.2, 0.25) is 5.60 Å². The van der Waals surface area contributed by atoms with E-state index in [0.717, 1.165) is 25.3 Å². The minimum absolute atomic E-state index is 0. The molecule has 1 aliphatic carbocycles. The van der Waals surface area contributed by atoms with E-state index in [1.165, 1.54) is 36.9 Å². The van der Waals surface area contributed by atoms with E-state index in [1.807, 2.05) is 18.9 Å². The predicted molar refractivity (Wildman–Crippen MR) is 123 cm³/mol. The summed E-state index contributed by atoms with van der Waals surface area (Å²) in [6.45, 7) is 5.47. The summed E-state index contributed by atoms with van der Waals surface area (Å²) in [7, 11) is 3.35. The number of alkyl halides is 3. The highest BCUT2D eigenvalue weighted by molar-refractivity contribution is 14.0. The molecule has 1 aromatic heterocycles. The Kier molecular flexibility index (Phi) is 10.4. The lowest BCUT2D eigenvalue weighted by atomic mass is 9.83. The largest absolute Gasteiger partial charge is 0.424 e. The lowest BCUT2D eigenvalue weighted by Gasteiger charge is -2.32. The van der Waals surface area contributed by atoms with Crippen molar-refractivity contribution in [2.24, 2.45) is 23.9 Å². The molecule has 0 aromatic carbocycles. The average molecular weight is 545 g/mol. The molecule has 1 aromatic rings. The van der Waals surface area contributed by atoms with Crippen LogP contribution < -0.4 is 5.32 Å². The number of imidazole rings is 1. The van der Waals surface area contributed by atoms with E-state index in [4.69, 9.17) is 0 Å². The SMILES string of the molecule is CCNC(=NCCC(O)(c1nccn1C)C(F)(F)F)N(C)CC1CCC(C)CC1.I. The van der Waals surface area contributed by atoms with E-state index >= 15 is 0 Å². The van der Waals surface area contributed by atoms with Gasteiger partial charge in [0.15, 0.2) is 5.96 Å². The van der Waals surface area contributed by atoms with Crippen LogP contribution in [0.2, 0.25) is 0 Å². The maximum atomic E-state index is 13.6. The Morgan fingerprint density at radius 2 is 1.97 bits per heavy atom. The number of hydrogen-bond donors (Lipinski definition) is 2. The van der Waals surface area contributed by atoms with Crippen LogP contribution in [-0.2, 0) is 12.6 Å². The molecule has 1 saturated carbocycles. The van der Waals surface area contributed by atoms with E-state index in [2.05, 4.69) is 22.2 Å². The highest BCUT2D eigenvalue weighted by Gasteiger charge is 2.57. The highest BCUT2D eigenvalue weighted by Crippen LogP contribution is 2.40. The van der Waals surface area contributed by atoms with Crippen molar-refractivity contribution in [2.45, 2.75) is 57.7 Å². The molecule has 2 rings (SSSR count). The number of aryl methyl sites for hydroxylation is 1. The van der Waals surface area contributed by atoms with Gasteiger partial charge >= 0.3 is 6.18 Å². The molecule has 174 valence electrons. The van der Waals surface area contributed by atoms with Crippen LogP contribution in [0.3, 0.4) is 0 Å². The topological polar surface area (TPSA) is 65.7 Å². The zero-order chi connectivity index (χ0) is 21.7. The van der Waals surface area contributed by atoms with Gasteiger partial charge in [-0.2, -0.15) is 13.2 Å². The maximum absolute atomic E-state index is 13.6. The van der Waals surface area contributed by atoms with Gasteiger partial charge in [-0.1, -0.05) is 19.8 Å². The van der Waals surface area contributed by atoms with Gasteiger partial charge < -0.3 is 19.9 Å². The smallest absolute Gasteiger partial charge is 0.374 e. The van der Waals surface area contributed by atoms with Crippen LogP contribution in [0.25, 0.3) is 0 Å². The number of hydrogen-bond acceptors (Lipinski definition) is 3. The molecule has 2 N–H and O–H groups in total. The van der Waals surface area contributed by atoms with Crippen molar-refractivity contribution < 1.29 is 18.3 Å². The first kappa shape index (κ1) is 27.0. The van der Waals surface area contributed by atoms with Crippen molar-refractivity contribution in [2.75, 3.05) is 26.7 Å². The van der Waals surface area contributed by atoms with Gasteiger partial charge in [-0.15, -0.1) is 24.0 Å². The molecular weight excluding hydrogens is 510 g/mol. The quantitative estimate of drug-likeness (QED) is 0.310. The molecule has 1 atom stereocenters. The van der Waals surface area contributed by atoms with Gasteiger partial charge in [-0.25, -0.2) is 4.98 Å². The van der Waals surface area contributed by atoms with Gasteiger partial charge in [-0.05, 0) is 31.6 Å². The predicted octanol–water partition coefficient (Wildman–Crippen LogP) is 3.90. The molecule has 0 bridgehead atoms. The first-order chi connectivity index (χ1) is 13.6. The summed E-state index contributed by atoms with van der Waals surface area (Å²) in [5.74, 6) is 1.48. The third-order valence-corrected chi connectivity index (χ3v) is 5.76. The zero-order valence-electron chi connectivity index (χ0n) is 18.2. The molecule has 1 heterocycles. The van der Waals surface area contributed by atoms with Gasteiger partial charge in [-0.3, -0.25) is 4.99 Å². The first-order valence-corrected chi connectivity index (χ1v) is 10.3. The molecule has 30 heavy (non-hydrogen) atoms. The summed E-state index contributed by atoms with van der Waals surface area (Å²) in [6, 6.07) is 0. The molecule has 0 spiro atoms. The van der Waals surface area contributed by atoms with Gasteiger partial charge in [0.1, 0.15) is 5.82 Å². The van der Waals surface area contributed by atoms with Crippen LogP contribution in [0.4, 0.5) is 13.2 Å². The minimum Gasteiger partial charge on any atom is -0.374 e. The number of halogens is 4. The molecule has 1 aliphatic rings. The van der Waals surface area contributed by atoms with Crippen molar-refractivity contribution in [3.05, 3.63) is 18.2 Å². The number of nitrogens with one attached hydrogen (secondary N) is 1. The molecule has 0 radical (unpaired) electrons. The highest BCUT2D eigenvalue weighted by atomic mass is 127. The van der Waals surface area contributed by atoms with Crippen LogP contribution >= 0.6 is 24.0 Å². The van der Waals surface area contributed by atoms with E-state index in [9.17, 15) is 18.3 Å². The Labute approximate surface area is 194 Å². The molecule has 0 amide bonds. The lowest BCUT2D eigenvalue weighted by molar-refractivity contribution is -0.272. The fourth-order valence-electron chi connectivity index (χ4n) is 3.92. The molecule has 0 aliphatic heterocycles. The van der Waals surface area contributed by atoms with Crippen LogP contribution in [-0.4, -0.2) is 58.4 Å². The van der Waals surface area contributed by atoms with E-state index < -0.39 is 24.0 Å². The molecule has 1 fully saturated rings. The Hall–Kier alpha value is -1.04. The number of aromatic nitrogens is 2. The van der Waals surface area contributed by atoms with Crippen molar-refractivity contribution in [3.63, 3.8) is 0 Å². The summed E-state index contributed by atoms with van der Waals surface area (Å²) >= 11 is 0. The normalized spacial score (nSPS) is 22.2. The third-order valence-electron chi connectivity index (χ3n) is 5.76. The lowest BCUT2D eigenvalue weighted by Crippen LogP contribution is -2.45. The molecule has 0 saturated heterocycles. The Morgan fingerprint density at radius 3 is 2.47 bits per heavy atom. The fourth-order valence-corrected chi connectivity index (χ4v) is 3.92. The molecule has 1 unspecified atom stereocenters. The summed E-state index contributed by atoms with van der Waals surface area (Å²) in [5.41, 5.74) is -3.04. The van der Waals surface area contributed by atoms with E-state index in [1.54, 1.807) is 0 Å². The van der Waals surface area contributed by atoms with E-state index in [0.29, 0.717) is 18.4 Å². The summed E-state index contributed by atoms with van der Waals surface area (Å²) in [5, 5.41) is 13.6. The van der Waals surface area contributed by atoms with Crippen LogP contribution in [0.1, 0.15) is 51.8 Å². The second-order valence-electron chi connectivity index (χ2n) is 8.21. The number of aliphatic imine (C=N–C) groups is 1. The fraction of sp³-hybridized carbons (Fsp3) is 0.800. The Bertz CT molecular complexity index is 674. The van der Waals surface area contributed by atoms with Crippen molar-refractivity contribution in [3.8, 4) is 0 Å². The van der Waals surface area contributed by atoms with Gasteiger partial charge in [0.25, 0.3) is 0 Å². The van der Waals surface area contributed by atoms with E-state index in [-0.39, 0.29) is 30.5 Å². The molecular formula is C20H35F3IN5O. The summed E-state index contributed by atoms with van der Waals surface area (Å²) in [6.07, 6.45) is 1.96.